The zero-order valence-electron chi connectivity index (χ0n) is 14.6. The number of aryl methyl sites for hydroxylation is 1. The van der Waals surface area contributed by atoms with E-state index in [-0.39, 0.29) is 18.1 Å². The smallest absolute Gasteiger partial charge is 0.267 e. The fraction of sp³-hybridized carbons (Fsp3) is 0.474. The predicted octanol–water partition coefficient (Wildman–Crippen LogP) is 2.41. The molecule has 0 aliphatic carbocycles. The van der Waals surface area contributed by atoms with Crippen molar-refractivity contribution in [3.63, 3.8) is 0 Å². The highest BCUT2D eigenvalue weighted by Gasteiger charge is 2.40. The largest absolute Gasteiger partial charge is 0.482 e. The second kappa shape index (κ2) is 6.43. The second-order valence-electron chi connectivity index (χ2n) is 6.88. The van der Waals surface area contributed by atoms with Crippen LogP contribution in [0.3, 0.4) is 0 Å². The lowest BCUT2D eigenvalue weighted by atomic mass is 10.1. The Bertz CT molecular complexity index is 773. The van der Waals surface area contributed by atoms with Gasteiger partial charge in [-0.25, -0.2) is 0 Å². The van der Waals surface area contributed by atoms with E-state index in [4.69, 9.17) is 9.47 Å². The van der Waals surface area contributed by atoms with Crippen molar-refractivity contribution in [1.82, 2.24) is 14.7 Å². The molecule has 3 atom stereocenters. The van der Waals surface area contributed by atoms with E-state index in [2.05, 4.69) is 5.10 Å². The van der Waals surface area contributed by atoms with Crippen molar-refractivity contribution in [2.45, 2.75) is 51.5 Å². The van der Waals surface area contributed by atoms with Gasteiger partial charge in [-0.3, -0.25) is 9.48 Å². The minimum atomic E-state index is -0.602. The molecular weight excluding hydrogens is 318 g/mol. The first kappa shape index (κ1) is 16.0. The van der Waals surface area contributed by atoms with E-state index in [1.807, 2.05) is 60.1 Å². The summed E-state index contributed by atoms with van der Waals surface area (Å²) < 4.78 is 13.8. The van der Waals surface area contributed by atoms with Gasteiger partial charge in [0.05, 0.1) is 18.8 Å². The summed E-state index contributed by atoms with van der Waals surface area (Å²) in [5, 5.41) is 4.35. The molecule has 25 heavy (non-hydrogen) atoms. The summed E-state index contributed by atoms with van der Waals surface area (Å²) in [5.41, 5.74) is 1.13. The quantitative estimate of drug-likeness (QED) is 0.860. The summed E-state index contributed by atoms with van der Waals surface area (Å²) in [7, 11) is 0. The van der Waals surface area contributed by atoms with Crippen LogP contribution < -0.4 is 9.47 Å². The number of hydrogen-bond donors (Lipinski definition) is 0. The van der Waals surface area contributed by atoms with E-state index in [1.165, 1.54) is 0 Å². The van der Waals surface area contributed by atoms with Crippen LogP contribution in [0.4, 0.5) is 0 Å². The van der Waals surface area contributed by atoms with Gasteiger partial charge in [0, 0.05) is 12.7 Å². The van der Waals surface area contributed by atoms with Crippen LogP contribution in [0.15, 0.2) is 36.7 Å². The number of carbonyl (C=O) groups is 1. The summed E-state index contributed by atoms with van der Waals surface area (Å²) in [6, 6.07) is 7.65. The normalized spacial score (nSPS) is 25.2. The average Bonchev–Trinajstić information content (AvgIpc) is 3.23. The molecule has 0 spiro atoms. The molecule has 0 N–H and O–H groups in total. The number of benzene rings is 1. The molecule has 6 nitrogen and oxygen atoms in total. The van der Waals surface area contributed by atoms with Crippen LogP contribution in [-0.4, -0.2) is 45.4 Å². The fourth-order valence-electron chi connectivity index (χ4n) is 3.65. The third kappa shape index (κ3) is 3.08. The Hall–Kier alpha value is -2.50. The van der Waals surface area contributed by atoms with Gasteiger partial charge in [-0.2, -0.15) is 5.10 Å². The lowest BCUT2D eigenvalue weighted by molar-refractivity contribution is -0.145. The number of para-hydroxylation sites is 2. The molecule has 1 amide bonds. The Labute approximate surface area is 147 Å². The number of likely N-dealkylation sites (tertiary alicyclic amines) is 1. The van der Waals surface area contributed by atoms with Gasteiger partial charge < -0.3 is 14.4 Å². The molecular formula is C19H23N3O3. The topological polar surface area (TPSA) is 56.6 Å². The molecule has 1 aromatic heterocycles. The summed E-state index contributed by atoms with van der Waals surface area (Å²) in [5.74, 6) is 1.34. The lowest BCUT2D eigenvalue weighted by Crippen LogP contribution is -2.52. The fourth-order valence-corrected chi connectivity index (χ4v) is 3.65. The number of amides is 1. The maximum absolute atomic E-state index is 13.1. The minimum absolute atomic E-state index is 0.00776. The van der Waals surface area contributed by atoms with Crippen molar-refractivity contribution in [3.8, 4) is 11.5 Å². The van der Waals surface area contributed by atoms with Crippen LogP contribution in [0, 0.1) is 6.92 Å². The van der Waals surface area contributed by atoms with Gasteiger partial charge in [-0.1, -0.05) is 12.1 Å². The number of carbonyl (C=O) groups excluding carboxylic acids is 1. The highest BCUT2D eigenvalue weighted by Crippen LogP contribution is 2.34. The average molecular weight is 341 g/mol. The number of rotatable bonds is 3. The van der Waals surface area contributed by atoms with Crippen LogP contribution in [0.2, 0.25) is 0 Å². The van der Waals surface area contributed by atoms with Gasteiger partial charge in [0.15, 0.2) is 11.5 Å². The minimum Gasteiger partial charge on any atom is -0.482 e. The van der Waals surface area contributed by atoms with Gasteiger partial charge in [0.25, 0.3) is 5.91 Å². The van der Waals surface area contributed by atoms with Crippen molar-refractivity contribution in [2.75, 3.05) is 6.54 Å². The zero-order valence-corrected chi connectivity index (χ0v) is 14.6. The van der Waals surface area contributed by atoms with Crippen LogP contribution in [-0.2, 0) is 11.3 Å². The molecule has 4 rings (SSSR count). The first-order valence-corrected chi connectivity index (χ1v) is 8.83. The second-order valence-corrected chi connectivity index (χ2v) is 6.88. The molecule has 1 aromatic carbocycles. The number of hydrogen-bond acceptors (Lipinski definition) is 4. The number of ether oxygens (including phenoxy) is 2. The standard InChI is InChI=1S/C19H23N3O3/c1-13-10-20-21(11-13)12-15-6-5-9-22(15)19(23)18-14(2)24-16-7-3-4-8-17(16)25-18/h3-4,7-8,10-11,14-15,18H,5-6,9,12H2,1-2H3/t14-,15-,18-/m0/s1. The Morgan fingerprint density at radius 2 is 2.04 bits per heavy atom. The highest BCUT2D eigenvalue weighted by atomic mass is 16.6. The van der Waals surface area contributed by atoms with Crippen LogP contribution >= 0.6 is 0 Å². The molecule has 2 aromatic rings. The van der Waals surface area contributed by atoms with Crippen LogP contribution in [0.25, 0.3) is 0 Å². The number of nitrogens with zero attached hydrogens (tertiary/aromatic N) is 3. The van der Waals surface area contributed by atoms with Crippen molar-refractivity contribution in [2.24, 2.45) is 0 Å². The van der Waals surface area contributed by atoms with E-state index >= 15 is 0 Å². The first-order chi connectivity index (χ1) is 12.1. The summed E-state index contributed by atoms with van der Waals surface area (Å²) >= 11 is 0. The third-order valence-corrected chi connectivity index (χ3v) is 4.91. The molecule has 6 heteroatoms. The molecule has 0 radical (unpaired) electrons. The zero-order chi connectivity index (χ0) is 17.4. The molecule has 2 aliphatic rings. The van der Waals surface area contributed by atoms with Crippen LogP contribution in [0.5, 0.6) is 11.5 Å². The summed E-state index contributed by atoms with van der Waals surface area (Å²) in [6.45, 7) is 5.39. The van der Waals surface area contributed by atoms with E-state index in [0.717, 1.165) is 31.5 Å². The lowest BCUT2D eigenvalue weighted by Gasteiger charge is -2.35. The maximum Gasteiger partial charge on any atom is 0.267 e. The Balaban J connectivity index is 1.49. The SMILES string of the molecule is Cc1cnn(C[C@@H]2CCCN2C(=O)[C@H]2Oc3ccccc3O[C@H]2C)c1. The maximum atomic E-state index is 13.1. The summed E-state index contributed by atoms with van der Waals surface area (Å²) in [6.07, 6.45) is 4.95. The van der Waals surface area contributed by atoms with Gasteiger partial charge in [-0.05, 0) is 44.4 Å². The van der Waals surface area contributed by atoms with Crippen LogP contribution in [0.1, 0.15) is 25.3 Å². The van der Waals surface area contributed by atoms with Crippen molar-refractivity contribution in [3.05, 3.63) is 42.2 Å². The molecule has 0 unspecified atom stereocenters. The molecule has 1 saturated heterocycles. The van der Waals surface area contributed by atoms with E-state index in [0.29, 0.717) is 11.5 Å². The van der Waals surface area contributed by atoms with Gasteiger partial charge >= 0.3 is 0 Å². The van der Waals surface area contributed by atoms with E-state index in [1.54, 1.807) is 0 Å². The Morgan fingerprint density at radius 3 is 2.76 bits per heavy atom. The van der Waals surface area contributed by atoms with Gasteiger partial charge in [0.1, 0.15) is 6.10 Å². The Morgan fingerprint density at radius 1 is 1.28 bits per heavy atom. The first-order valence-electron chi connectivity index (χ1n) is 8.83. The number of aromatic nitrogens is 2. The summed E-state index contributed by atoms with van der Waals surface area (Å²) in [4.78, 5) is 15.1. The predicted molar refractivity (Wildman–Crippen MR) is 92.6 cm³/mol. The molecule has 1 fully saturated rings. The molecule has 0 bridgehead atoms. The van der Waals surface area contributed by atoms with Crippen molar-refractivity contribution in [1.29, 1.82) is 0 Å². The molecule has 0 saturated carbocycles. The molecule has 3 heterocycles. The van der Waals surface area contributed by atoms with Crippen molar-refractivity contribution >= 4 is 5.91 Å². The third-order valence-electron chi connectivity index (χ3n) is 4.91. The van der Waals surface area contributed by atoms with Gasteiger partial charge in [-0.15, -0.1) is 0 Å². The van der Waals surface area contributed by atoms with Gasteiger partial charge in [0.2, 0.25) is 6.10 Å². The highest BCUT2D eigenvalue weighted by molar-refractivity contribution is 5.83. The van der Waals surface area contributed by atoms with Crippen molar-refractivity contribution < 1.29 is 14.3 Å². The van der Waals surface area contributed by atoms with E-state index in [9.17, 15) is 4.79 Å². The number of fused-ring (bicyclic) bond motifs is 1. The Kier molecular flexibility index (Phi) is 4.11. The monoisotopic (exact) mass is 341 g/mol. The molecule has 132 valence electrons. The molecule has 2 aliphatic heterocycles. The van der Waals surface area contributed by atoms with E-state index < -0.39 is 6.10 Å².